The van der Waals surface area contributed by atoms with Crippen LogP contribution in [0, 0.1) is 41.2 Å². The van der Waals surface area contributed by atoms with Crippen molar-refractivity contribution in [3.8, 4) is 21.9 Å². The normalized spacial score (nSPS) is 19.9. The molecule has 224 valence electrons. The van der Waals surface area contributed by atoms with Crippen LogP contribution in [0.5, 0.6) is 0 Å². The molecule has 4 aliphatic carbocycles. The lowest BCUT2D eigenvalue weighted by Crippen LogP contribution is -2.28. The van der Waals surface area contributed by atoms with E-state index < -0.39 is 0 Å². The fraction of sp³-hybridized carbons (Fsp3) is 0.316. The van der Waals surface area contributed by atoms with Gasteiger partial charge in [-0.3, -0.25) is 0 Å². The van der Waals surface area contributed by atoms with Crippen LogP contribution in [0.1, 0.15) is 89.3 Å². The van der Waals surface area contributed by atoms with Crippen molar-refractivity contribution in [2.24, 2.45) is 5.41 Å². The van der Waals surface area contributed by atoms with Crippen LogP contribution in [0.15, 0.2) is 53.4 Å². The van der Waals surface area contributed by atoms with Crippen molar-refractivity contribution >= 4 is 78.0 Å². The largest absolute Gasteiger partial charge is 0.263 e. The molecule has 0 bridgehead atoms. The number of thiophene rings is 4. The van der Waals surface area contributed by atoms with Gasteiger partial charge >= 0.3 is 0 Å². The average Bonchev–Trinajstić information content (AvgIpc) is 3.93. The van der Waals surface area contributed by atoms with E-state index in [1.807, 2.05) is 40.9 Å². The molecule has 0 amide bonds. The van der Waals surface area contributed by atoms with Gasteiger partial charge in [-0.1, -0.05) is 44.6 Å². The van der Waals surface area contributed by atoms with E-state index in [1.165, 1.54) is 93.8 Å². The Labute approximate surface area is 285 Å². The SMILES string of the molecule is [C-]#[N+]/C(C#N)=C\c1ccc(-c2cc3sc4c(c3s2)C2(CCCCC2)C2=C4C3(CCCCC3)C(c3ccc(/C=C(\C#N)[N+]#[C-])s3)=C2)s1. The first-order chi connectivity index (χ1) is 22.5. The van der Waals surface area contributed by atoms with Gasteiger partial charge in [0, 0.05) is 44.8 Å². The number of hydrogen-bond acceptors (Lipinski definition) is 6. The van der Waals surface area contributed by atoms with E-state index in [0.717, 1.165) is 9.75 Å². The minimum atomic E-state index is 0.0269. The third-order valence-corrected chi connectivity index (χ3v) is 15.1. The summed E-state index contributed by atoms with van der Waals surface area (Å²) < 4.78 is 2.85. The summed E-state index contributed by atoms with van der Waals surface area (Å²) in [5.41, 5.74) is 6.66. The van der Waals surface area contributed by atoms with Crippen LogP contribution in [0.25, 0.3) is 52.1 Å². The smallest absolute Gasteiger partial charge is 0.227 e. The fourth-order valence-electron chi connectivity index (χ4n) is 8.46. The van der Waals surface area contributed by atoms with Crippen LogP contribution < -0.4 is 0 Å². The Morgan fingerprint density at radius 3 is 1.91 bits per heavy atom. The summed E-state index contributed by atoms with van der Waals surface area (Å²) in [6, 6.07) is 14.9. The molecule has 8 rings (SSSR count). The van der Waals surface area contributed by atoms with Crippen LogP contribution in [0.4, 0.5) is 0 Å². The molecule has 2 spiro atoms. The van der Waals surface area contributed by atoms with Crippen molar-refractivity contribution in [3.63, 3.8) is 0 Å². The molecule has 0 N–H and O–H groups in total. The maximum Gasteiger partial charge on any atom is 0.263 e. The van der Waals surface area contributed by atoms with Gasteiger partial charge in [0.05, 0.1) is 30.0 Å². The van der Waals surface area contributed by atoms with Crippen molar-refractivity contribution < 1.29 is 0 Å². The standard InChI is InChI=1S/C38H28N4S4/c1-41-23(21-39)17-25-9-11-29(43-25)27-19-28-33(37(27)13-5-3-6-14-37)36-34(38(28)15-7-4-8-16-38)35-32(46-36)20-31(45-35)30-12-10-26(44-30)18-24(22-40)42-2/h9-12,17-20H,3-8,13-16H2/b23-17+,24-18-. The van der Waals surface area contributed by atoms with Gasteiger partial charge in [-0.05, 0) is 90.4 Å². The maximum absolute atomic E-state index is 9.36. The number of nitriles is 2. The van der Waals surface area contributed by atoms with Gasteiger partial charge in [-0.15, -0.1) is 45.3 Å². The molecule has 2 fully saturated rings. The quantitative estimate of drug-likeness (QED) is 0.160. The van der Waals surface area contributed by atoms with Crippen LogP contribution in [-0.4, -0.2) is 0 Å². The maximum atomic E-state index is 9.36. The number of rotatable bonds is 4. The van der Waals surface area contributed by atoms with E-state index in [0.29, 0.717) is 0 Å². The molecule has 2 saturated carbocycles. The molecular formula is C38H28N4S4. The number of hydrogen-bond donors (Lipinski definition) is 0. The van der Waals surface area contributed by atoms with Crippen molar-refractivity contribution in [1.82, 2.24) is 0 Å². The number of allylic oxidation sites excluding steroid dienone is 6. The molecule has 4 aliphatic rings. The highest BCUT2D eigenvalue weighted by Crippen LogP contribution is 2.71. The molecule has 4 aromatic heterocycles. The molecule has 0 atom stereocenters. The highest BCUT2D eigenvalue weighted by atomic mass is 32.1. The van der Waals surface area contributed by atoms with Crippen LogP contribution in [-0.2, 0) is 5.41 Å². The highest BCUT2D eigenvalue weighted by Gasteiger charge is 2.57. The zero-order valence-corrected chi connectivity index (χ0v) is 28.4. The third kappa shape index (κ3) is 4.36. The lowest BCUT2D eigenvalue weighted by Gasteiger charge is -2.38. The second-order valence-corrected chi connectivity index (χ2v) is 17.0. The van der Waals surface area contributed by atoms with Gasteiger partial charge < -0.3 is 0 Å². The van der Waals surface area contributed by atoms with Crippen molar-refractivity contribution in [2.45, 2.75) is 69.6 Å². The molecular weight excluding hydrogens is 641 g/mol. The minimum absolute atomic E-state index is 0.0269. The minimum Gasteiger partial charge on any atom is -0.227 e. The lowest BCUT2D eigenvalue weighted by atomic mass is 9.66. The average molecular weight is 669 g/mol. The highest BCUT2D eigenvalue weighted by molar-refractivity contribution is 7.32. The molecule has 4 aromatic rings. The Morgan fingerprint density at radius 2 is 1.30 bits per heavy atom. The summed E-state index contributed by atoms with van der Waals surface area (Å²) in [6.45, 7) is 14.6. The summed E-state index contributed by atoms with van der Waals surface area (Å²) in [5, 5.41) is 18.6. The molecule has 0 aliphatic heterocycles. The molecule has 4 heterocycles. The second-order valence-electron chi connectivity index (χ2n) is 12.7. The lowest BCUT2D eigenvalue weighted by molar-refractivity contribution is 0.348. The number of fused-ring (bicyclic) bond motifs is 7. The summed E-state index contributed by atoms with van der Waals surface area (Å²) in [5.74, 6) is 0. The van der Waals surface area contributed by atoms with Crippen molar-refractivity contribution in [3.05, 3.63) is 101 Å². The molecule has 8 heteroatoms. The van der Waals surface area contributed by atoms with Gasteiger partial charge in [-0.25, -0.2) is 20.2 Å². The summed E-state index contributed by atoms with van der Waals surface area (Å²) in [7, 11) is 0. The predicted octanol–water partition coefficient (Wildman–Crippen LogP) is 12.3. The summed E-state index contributed by atoms with van der Waals surface area (Å²) >= 11 is 7.32. The zero-order valence-electron chi connectivity index (χ0n) is 25.1. The van der Waals surface area contributed by atoms with Gasteiger partial charge in [0.25, 0.3) is 11.4 Å². The van der Waals surface area contributed by atoms with Crippen LogP contribution >= 0.6 is 45.3 Å². The first-order valence-electron chi connectivity index (χ1n) is 15.8. The van der Waals surface area contributed by atoms with Crippen LogP contribution in [0.3, 0.4) is 0 Å². The van der Waals surface area contributed by atoms with E-state index in [4.69, 9.17) is 13.1 Å². The fourth-order valence-corrected chi connectivity index (χ4v) is 13.5. The zero-order chi connectivity index (χ0) is 31.5. The Bertz CT molecular complexity index is 2190. The summed E-state index contributed by atoms with van der Waals surface area (Å²) in [4.78, 5) is 13.9. The van der Waals surface area contributed by atoms with Crippen molar-refractivity contribution in [2.75, 3.05) is 0 Å². The monoisotopic (exact) mass is 668 g/mol. The predicted molar refractivity (Wildman–Crippen MR) is 193 cm³/mol. The molecule has 0 saturated heterocycles. The number of nitrogens with zero attached hydrogens (tertiary/aromatic N) is 4. The van der Waals surface area contributed by atoms with Crippen LogP contribution in [0.2, 0.25) is 0 Å². The molecule has 0 unspecified atom stereocenters. The molecule has 4 nitrogen and oxygen atoms in total. The Morgan fingerprint density at radius 1 is 0.717 bits per heavy atom. The Balaban J connectivity index is 1.26. The van der Waals surface area contributed by atoms with Gasteiger partial charge in [0.2, 0.25) is 0 Å². The van der Waals surface area contributed by atoms with Gasteiger partial charge in [-0.2, -0.15) is 0 Å². The topological polar surface area (TPSA) is 56.3 Å². The molecule has 46 heavy (non-hydrogen) atoms. The Kier molecular flexibility index (Phi) is 7.25. The van der Waals surface area contributed by atoms with E-state index in [9.17, 15) is 10.5 Å². The van der Waals surface area contributed by atoms with E-state index >= 15 is 0 Å². The second kappa shape index (κ2) is 11.3. The van der Waals surface area contributed by atoms with E-state index in [1.54, 1.807) is 56.4 Å². The molecule has 0 aromatic carbocycles. The van der Waals surface area contributed by atoms with Gasteiger partial charge in [0.15, 0.2) is 0 Å². The molecule has 0 radical (unpaired) electrons. The first-order valence-corrected chi connectivity index (χ1v) is 19.0. The third-order valence-electron chi connectivity index (χ3n) is 10.3. The Hall–Kier alpha value is -4.02. The summed E-state index contributed by atoms with van der Waals surface area (Å²) in [6.07, 6.45) is 18.4. The van der Waals surface area contributed by atoms with Gasteiger partial charge in [0.1, 0.15) is 0 Å². The van der Waals surface area contributed by atoms with Crippen molar-refractivity contribution in [1.29, 1.82) is 10.5 Å². The van der Waals surface area contributed by atoms with E-state index in [2.05, 4.69) is 40.0 Å². The van der Waals surface area contributed by atoms with E-state index in [-0.39, 0.29) is 22.2 Å². The first kappa shape index (κ1) is 29.4.